The monoisotopic (exact) mass is 366 g/mol. The summed E-state index contributed by atoms with van der Waals surface area (Å²) in [5.41, 5.74) is 4.14. The lowest BCUT2D eigenvalue weighted by Crippen LogP contribution is -2.03. The molecule has 0 bridgehead atoms. The molecule has 138 valence electrons. The third-order valence-electron chi connectivity index (χ3n) is 4.39. The predicted molar refractivity (Wildman–Crippen MR) is 115 cm³/mol. The van der Waals surface area contributed by atoms with Crippen LogP contribution in [0.1, 0.15) is 11.1 Å². The van der Waals surface area contributed by atoms with Crippen molar-refractivity contribution in [3.05, 3.63) is 108 Å². The molecule has 0 atom stereocenters. The van der Waals surface area contributed by atoms with Gasteiger partial charge >= 0.3 is 0 Å². The predicted octanol–water partition coefficient (Wildman–Crippen LogP) is 5.37. The molecule has 0 aliphatic carbocycles. The number of rotatable bonds is 7. The van der Waals surface area contributed by atoms with Gasteiger partial charge in [-0.2, -0.15) is 0 Å². The standard InChI is InChI=1S/C24H22N4/c1-3-9-19(10-4-1)17-25-23-15-7-13-21(27-23)22-14-8-16-24(28-22)26-18-20-11-5-2-6-12-20/h1-16H,17-18H2,(H,25,27)(H,26,28). The van der Waals surface area contributed by atoms with Crippen molar-refractivity contribution in [3.8, 4) is 11.4 Å². The molecule has 2 heterocycles. The van der Waals surface area contributed by atoms with Crippen LogP contribution in [0.2, 0.25) is 0 Å². The zero-order chi connectivity index (χ0) is 19.0. The highest BCUT2D eigenvalue weighted by atomic mass is 15.0. The first-order chi connectivity index (χ1) is 13.9. The molecule has 4 aromatic rings. The lowest BCUT2D eigenvalue weighted by molar-refractivity contribution is 1.10. The maximum atomic E-state index is 4.72. The van der Waals surface area contributed by atoms with Crippen LogP contribution in [0.25, 0.3) is 11.4 Å². The largest absolute Gasteiger partial charge is 0.366 e. The molecule has 0 amide bonds. The molecule has 28 heavy (non-hydrogen) atoms. The first kappa shape index (κ1) is 17.7. The van der Waals surface area contributed by atoms with E-state index >= 15 is 0 Å². The zero-order valence-electron chi connectivity index (χ0n) is 15.5. The van der Waals surface area contributed by atoms with Crippen molar-refractivity contribution in [2.24, 2.45) is 0 Å². The van der Waals surface area contributed by atoms with E-state index in [1.54, 1.807) is 0 Å². The summed E-state index contributed by atoms with van der Waals surface area (Å²) < 4.78 is 0. The van der Waals surface area contributed by atoms with Gasteiger partial charge in [0.05, 0.1) is 11.4 Å². The van der Waals surface area contributed by atoms with Crippen molar-refractivity contribution in [2.75, 3.05) is 10.6 Å². The van der Waals surface area contributed by atoms with Crippen molar-refractivity contribution >= 4 is 11.6 Å². The lowest BCUT2D eigenvalue weighted by atomic mass is 10.2. The topological polar surface area (TPSA) is 49.8 Å². The van der Waals surface area contributed by atoms with Crippen LogP contribution in [0.15, 0.2) is 97.1 Å². The van der Waals surface area contributed by atoms with E-state index in [0.717, 1.165) is 36.1 Å². The first-order valence-electron chi connectivity index (χ1n) is 9.37. The third kappa shape index (κ3) is 4.74. The Hall–Kier alpha value is -3.66. The lowest BCUT2D eigenvalue weighted by Gasteiger charge is -2.09. The Kier molecular flexibility index (Phi) is 5.59. The maximum Gasteiger partial charge on any atom is 0.126 e. The molecule has 0 saturated heterocycles. The van der Waals surface area contributed by atoms with Crippen LogP contribution in [0.5, 0.6) is 0 Å². The molecule has 0 unspecified atom stereocenters. The highest BCUT2D eigenvalue weighted by molar-refractivity contribution is 5.59. The number of anilines is 2. The van der Waals surface area contributed by atoms with Crippen LogP contribution in [0.3, 0.4) is 0 Å². The Balaban J connectivity index is 1.45. The van der Waals surface area contributed by atoms with Gasteiger partial charge in [0, 0.05) is 13.1 Å². The molecule has 0 saturated carbocycles. The Morgan fingerprint density at radius 3 is 1.32 bits per heavy atom. The van der Waals surface area contributed by atoms with E-state index in [1.807, 2.05) is 72.8 Å². The van der Waals surface area contributed by atoms with Gasteiger partial charge in [-0.05, 0) is 35.4 Å². The highest BCUT2D eigenvalue weighted by Crippen LogP contribution is 2.19. The Morgan fingerprint density at radius 1 is 0.464 bits per heavy atom. The van der Waals surface area contributed by atoms with Gasteiger partial charge in [-0.1, -0.05) is 72.8 Å². The SMILES string of the molecule is c1ccc(CNc2cccc(-c3cccc(NCc4ccccc4)n3)n2)cc1. The fraction of sp³-hybridized carbons (Fsp3) is 0.0833. The molecular formula is C24H22N4. The van der Waals surface area contributed by atoms with Crippen molar-refractivity contribution in [1.29, 1.82) is 0 Å². The van der Waals surface area contributed by atoms with E-state index in [1.165, 1.54) is 11.1 Å². The Labute approximate surface area is 165 Å². The van der Waals surface area contributed by atoms with E-state index in [-0.39, 0.29) is 0 Å². The van der Waals surface area contributed by atoms with E-state index in [2.05, 4.69) is 34.9 Å². The summed E-state index contributed by atoms with van der Waals surface area (Å²) in [6.45, 7) is 1.48. The van der Waals surface area contributed by atoms with Crippen LogP contribution < -0.4 is 10.6 Å². The van der Waals surface area contributed by atoms with Gasteiger partial charge < -0.3 is 10.6 Å². The molecule has 2 N–H and O–H groups in total. The Bertz CT molecular complexity index is 932. The van der Waals surface area contributed by atoms with Gasteiger partial charge in [0.25, 0.3) is 0 Å². The van der Waals surface area contributed by atoms with E-state index in [9.17, 15) is 0 Å². The summed E-state index contributed by atoms with van der Waals surface area (Å²) in [5, 5.41) is 6.76. The van der Waals surface area contributed by atoms with Crippen LogP contribution in [-0.4, -0.2) is 9.97 Å². The highest BCUT2D eigenvalue weighted by Gasteiger charge is 2.04. The van der Waals surface area contributed by atoms with Gasteiger partial charge in [0.2, 0.25) is 0 Å². The van der Waals surface area contributed by atoms with Crippen LogP contribution in [-0.2, 0) is 13.1 Å². The fourth-order valence-corrected chi connectivity index (χ4v) is 2.93. The molecule has 0 spiro atoms. The average Bonchev–Trinajstić information content (AvgIpc) is 2.78. The van der Waals surface area contributed by atoms with Crippen molar-refractivity contribution in [1.82, 2.24) is 9.97 Å². The molecule has 4 rings (SSSR count). The molecule has 2 aromatic heterocycles. The fourth-order valence-electron chi connectivity index (χ4n) is 2.93. The molecular weight excluding hydrogens is 344 g/mol. The maximum absolute atomic E-state index is 4.72. The van der Waals surface area contributed by atoms with Crippen molar-refractivity contribution < 1.29 is 0 Å². The van der Waals surface area contributed by atoms with E-state index in [4.69, 9.17) is 9.97 Å². The second-order valence-corrected chi connectivity index (χ2v) is 6.49. The third-order valence-corrected chi connectivity index (χ3v) is 4.39. The van der Waals surface area contributed by atoms with Gasteiger partial charge in [-0.25, -0.2) is 9.97 Å². The quantitative estimate of drug-likeness (QED) is 0.462. The molecule has 0 aliphatic heterocycles. The van der Waals surface area contributed by atoms with Gasteiger partial charge in [-0.15, -0.1) is 0 Å². The van der Waals surface area contributed by atoms with Crippen molar-refractivity contribution in [2.45, 2.75) is 13.1 Å². The number of pyridine rings is 2. The summed E-state index contributed by atoms with van der Waals surface area (Å²) >= 11 is 0. The minimum atomic E-state index is 0.739. The smallest absolute Gasteiger partial charge is 0.126 e. The number of benzene rings is 2. The second kappa shape index (κ2) is 8.82. The zero-order valence-corrected chi connectivity index (χ0v) is 15.5. The van der Waals surface area contributed by atoms with Crippen molar-refractivity contribution in [3.63, 3.8) is 0 Å². The molecule has 2 aromatic carbocycles. The normalized spacial score (nSPS) is 10.4. The molecule has 4 heteroatoms. The van der Waals surface area contributed by atoms with Crippen LogP contribution in [0.4, 0.5) is 11.6 Å². The summed E-state index contributed by atoms with van der Waals surface area (Å²) in [4.78, 5) is 9.43. The van der Waals surface area contributed by atoms with Gasteiger partial charge in [0.15, 0.2) is 0 Å². The second-order valence-electron chi connectivity index (χ2n) is 6.49. The number of hydrogen-bond acceptors (Lipinski definition) is 4. The summed E-state index contributed by atoms with van der Waals surface area (Å²) in [7, 11) is 0. The van der Waals surface area contributed by atoms with E-state index < -0.39 is 0 Å². The van der Waals surface area contributed by atoms with Crippen LogP contribution >= 0.6 is 0 Å². The van der Waals surface area contributed by atoms with E-state index in [0.29, 0.717) is 0 Å². The molecule has 0 aliphatic rings. The van der Waals surface area contributed by atoms with Crippen LogP contribution in [0, 0.1) is 0 Å². The number of hydrogen-bond donors (Lipinski definition) is 2. The minimum Gasteiger partial charge on any atom is -0.366 e. The van der Waals surface area contributed by atoms with Gasteiger partial charge in [0.1, 0.15) is 11.6 Å². The minimum absolute atomic E-state index is 0.739. The number of aromatic nitrogens is 2. The first-order valence-corrected chi connectivity index (χ1v) is 9.37. The Morgan fingerprint density at radius 2 is 0.893 bits per heavy atom. The number of nitrogens with zero attached hydrogens (tertiary/aromatic N) is 2. The molecule has 4 nitrogen and oxygen atoms in total. The summed E-state index contributed by atoms with van der Waals surface area (Å²) in [6.07, 6.45) is 0. The van der Waals surface area contributed by atoms with Gasteiger partial charge in [-0.3, -0.25) is 0 Å². The summed E-state index contributed by atoms with van der Waals surface area (Å²) in [6, 6.07) is 32.5. The summed E-state index contributed by atoms with van der Waals surface area (Å²) in [5.74, 6) is 1.68. The molecule has 0 radical (unpaired) electrons. The molecule has 0 fully saturated rings. The number of nitrogens with one attached hydrogen (secondary N) is 2. The average molecular weight is 366 g/mol.